The van der Waals surface area contributed by atoms with Gasteiger partial charge in [-0.1, -0.05) is 19.9 Å². The molecule has 0 amide bonds. The zero-order valence-corrected chi connectivity index (χ0v) is 19.1. The quantitative estimate of drug-likeness (QED) is 0.424. The molecule has 2 unspecified atom stereocenters. The van der Waals surface area contributed by atoms with Crippen molar-refractivity contribution in [2.75, 3.05) is 5.32 Å². The van der Waals surface area contributed by atoms with Crippen molar-refractivity contribution in [3.05, 3.63) is 58.0 Å². The van der Waals surface area contributed by atoms with E-state index in [4.69, 9.17) is 0 Å². The van der Waals surface area contributed by atoms with E-state index in [1.807, 2.05) is 6.07 Å². The van der Waals surface area contributed by atoms with E-state index in [1.54, 1.807) is 0 Å². The molecule has 6 nitrogen and oxygen atoms in total. The summed E-state index contributed by atoms with van der Waals surface area (Å²) in [6, 6.07) is 1.85. The molecule has 11 heteroatoms. The van der Waals surface area contributed by atoms with Gasteiger partial charge in [0.25, 0.3) is 0 Å². The number of phenols is 1. The first kappa shape index (κ1) is 24.6. The molecule has 1 aromatic heterocycles. The van der Waals surface area contributed by atoms with Crippen LogP contribution in [-0.2, 0) is 5.41 Å². The van der Waals surface area contributed by atoms with E-state index in [0.29, 0.717) is 6.07 Å². The summed E-state index contributed by atoms with van der Waals surface area (Å²) in [6.07, 6.45) is -4.89. The third-order valence-corrected chi connectivity index (χ3v) is 6.50. The molecule has 2 aromatic carbocycles. The molecule has 3 aromatic rings. The molecular weight excluding hydrogens is 471 g/mol. The van der Waals surface area contributed by atoms with Crippen molar-refractivity contribution in [1.82, 2.24) is 9.97 Å². The minimum atomic E-state index is -5.15. The summed E-state index contributed by atoms with van der Waals surface area (Å²) < 4.78 is 72.1. The molecule has 0 saturated carbocycles. The number of rotatable bonds is 2. The first-order valence-electron chi connectivity index (χ1n) is 10.6. The van der Waals surface area contributed by atoms with Crippen LogP contribution in [0.3, 0.4) is 0 Å². The first-order chi connectivity index (χ1) is 16.1. The van der Waals surface area contributed by atoms with Crippen LogP contribution in [0.25, 0.3) is 10.9 Å². The smallest absolute Gasteiger partial charge is 0.419 e. The third kappa shape index (κ3) is 3.63. The summed E-state index contributed by atoms with van der Waals surface area (Å²) >= 11 is 0. The largest absolute Gasteiger partial charge is 0.506 e. The van der Waals surface area contributed by atoms with Crippen LogP contribution in [0.4, 0.5) is 27.6 Å². The molecule has 2 atom stereocenters. The van der Waals surface area contributed by atoms with Gasteiger partial charge in [0.2, 0.25) is 0 Å². The summed E-state index contributed by atoms with van der Waals surface area (Å²) in [7, 11) is 0. The van der Waals surface area contributed by atoms with E-state index in [1.165, 1.54) is 33.8 Å². The molecule has 1 aliphatic rings. The standard InChI is InChI=1S/C24H21F5N4O2/c1-10-5-12-17(20(34)13(10)7-30)22(3,4)9-23(35,24(27,28)29)21(12)33-16-6-15(25)18(26)19-14(16)8-31-11(2)32-19/h5-6,8,21,33-35H,9H2,1-4H3. The maximum Gasteiger partial charge on any atom is 0.419 e. The maximum absolute atomic E-state index is 14.4. The number of alkyl halides is 3. The van der Waals surface area contributed by atoms with Gasteiger partial charge in [0.05, 0.1) is 11.6 Å². The molecule has 0 bridgehead atoms. The van der Waals surface area contributed by atoms with Gasteiger partial charge in [0.15, 0.2) is 17.2 Å². The lowest BCUT2D eigenvalue weighted by Gasteiger charge is -2.49. The van der Waals surface area contributed by atoms with Gasteiger partial charge in [0.1, 0.15) is 23.2 Å². The predicted octanol–water partition coefficient (Wildman–Crippen LogP) is 5.23. The fourth-order valence-corrected chi connectivity index (χ4v) is 4.98. The number of aliphatic hydroxyl groups is 1. The van der Waals surface area contributed by atoms with Crippen molar-refractivity contribution in [2.24, 2.45) is 0 Å². The molecule has 0 fully saturated rings. The SMILES string of the molecule is Cc1ncc2c(NC3c4cc(C)c(C#N)c(O)c4C(C)(C)CC3(O)C(F)(F)F)cc(F)c(F)c2n1. The summed E-state index contributed by atoms with van der Waals surface area (Å²) in [5.74, 6) is -3.02. The Labute approximate surface area is 197 Å². The van der Waals surface area contributed by atoms with E-state index in [2.05, 4.69) is 15.3 Å². The molecule has 0 saturated heterocycles. The zero-order valence-electron chi connectivity index (χ0n) is 19.1. The summed E-state index contributed by atoms with van der Waals surface area (Å²) in [6.45, 7) is 5.71. The number of nitrogens with zero attached hydrogens (tertiary/aromatic N) is 3. The van der Waals surface area contributed by atoms with Gasteiger partial charge < -0.3 is 15.5 Å². The molecular formula is C24H21F5N4O2. The minimum Gasteiger partial charge on any atom is -0.506 e. The van der Waals surface area contributed by atoms with Gasteiger partial charge in [0, 0.05) is 28.9 Å². The normalized spacial score (nSPS) is 21.5. The zero-order chi connectivity index (χ0) is 26.1. The number of fused-ring (bicyclic) bond motifs is 2. The van der Waals surface area contributed by atoms with Crippen LogP contribution in [0.2, 0.25) is 0 Å². The summed E-state index contributed by atoms with van der Waals surface area (Å²) in [4.78, 5) is 7.80. The number of hydrogen-bond donors (Lipinski definition) is 3. The van der Waals surface area contributed by atoms with Crippen LogP contribution >= 0.6 is 0 Å². The number of aryl methyl sites for hydroxylation is 2. The van der Waals surface area contributed by atoms with Gasteiger partial charge in [-0.05, 0) is 36.8 Å². The molecule has 0 radical (unpaired) electrons. The number of anilines is 1. The highest BCUT2D eigenvalue weighted by atomic mass is 19.4. The van der Waals surface area contributed by atoms with E-state index >= 15 is 0 Å². The number of phenolic OH excluding ortho intramolecular Hbond substituents is 1. The Morgan fingerprint density at radius 2 is 1.86 bits per heavy atom. The molecule has 1 heterocycles. The van der Waals surface area contributed by atoms with Crippen LogP contribution in [0.15, 0.2) is 18.3 Å². The first-order valence-corrected chi connectivity index (χ1v) is 10.6. The van der Waals surface area contributed by atoms with Crippen LogP contribution in [0.1, 0.15) is 54.4 Å². The molecule has 184 valence electrons. The Balaban J connectivity index is 2.04. The Hall–Kier alpha value is -3.52. The number of aromatic hydroxyl groups is 1. The highest BCUT2D eigenvalue weighted by Crippen LogP contribution is 2.57. The van der Waals surface area contributed by atoms with Crippen molar-refractivity contribution < 1.29 is 32.2 Å². The van der Waals surface area contributed by atoms with Gasteiger partial charge >= 0.3 is 6.18 Å². The fraction of sp³-hybridized carbons (Fsp3) is 0.375. The van der Waals surface area contributed by atoms with Crippen molar-refractivity contribution in [3.8, 4) is 11.8 Å². The lowest BCUT2D eigenvalue weighted by Crippen LogP contribution is -2.58. The lowest BCUT2D eigenvalue weighted by atomic mass is 9.62. The average Bonchev–Trinajstić information content (AvgIpc) is 2.72. The van der Waals surface area contributed by atoms with Crippen molar-refractivity contribution in [1.29, 1.82) is 5.26 Å². The molecule has 35 heavy (non-hydrogen) atoms. The second-order valence-electron chi connectivity index (χ2n) is 9.45. The Kier molecular flexibility index (Phi) is 5.44. The average molecular weight is 492 g/mol. The van der Waals surface area contributed by atoms with Gasteiger partial charge in [-0.15, -0.1) is 0 Å². The van der Waals surface area contributed by atoms with Crippen LogP contribution in [0.5, 0.6) is 5.75 Å². The Morgan fingerprint density at radius 1 is 1.20 bits per heavy atom. The van der Waals surface area contributed by atoms with E-state index in [0.717, 1.165) is 6.20 Å². The predicted molar refractivity (Wildman–Crippen MR) is 117 cm³/mol. The number of aromatic nitrogens is 2. The van der Waals surface area contributed by atoms with E-state index in [9.17, 15) is 37.4 Å². The topological polar surface area (TPSA) is 102 Å². The van der Waals surface area contributed by atoms with Crippen LogP contribution in [-0.4, -0.2) is 32.0 Å². The lowest BCUT2D eigenvalue weighted by molar-refractivity contribution is -0.275. The second kappa shape index (κ2) is 7.75. The number of hydrogen-bond acceptors (Lipinski definition) is 6. The number of nitrogens with one attached hydrogen (secondary N) is 1. The minimum absolute atomic E-state index is 0.0464. The monoisotopic (exact) mass is 492 g/mol. The molecule has 1 aliphatic carbocycles. The van der Waals surface area contributed by atoms with Crippen molar-refractivity contribution in [2.45, 2.75) is 57.3 Å². The van der Waals surface area contributed by atoms with Gasteiger partial charge in [-0.3, -0.25) is 0 Å². The maximum atomic E-state index is 14.4. The van der Waals surface area contributed by atoms with Crippen molar-refractivity contribution >= 4 is 16.6 Å². The molecule has 0 aliphatic heterocycles. The summed E-state index contributed by atoms with van der Waals surface area (Å²) in [5.41, 5.74) is -5.49. The number of benzene rings is 2. The Bertz CT molecular complexity index is 1410. The molecule has 3 N–H and O–H groups in total. The summed E-state index contributed by atoms with van der Waals surface area (Å²) in [5, 5.41) is 33.9. The van der Waals surface area contributed by atoms with Gasteiger partial charge in [-0.2, -0.15) is 18.4 Å². The Morgan fingerprint density at radius 3 is 2.46 bits per heavy atom. The van der Waals surface area contributed by atoms with E-state index in [-0.39, 0.29) is 39.2 Å². The van der Waals surface area contributed by atoms with E-state index < -0.39 is 52.6 Å². The number of nitriles is 1. The van der Waals surface area contributed by atoms with Gasteiger partial charge in [-0.25, -0.2) is 18.7 Å². The fourth-order valence-electron chi connectivity index (χ4n) is 4.98. The third-order valence-electron chi connectivity index (χ3n) is 6.50. The molecule has 4 rings (SSSR count). The van der Waals surface area contributed by atoms with Crippen LogP contribution in [0, 0.1) is 36.8 Å². The van der Waals surface area contributed by atoms with Crippen LogP contribution < -0.4 is 5.32 Å². The van der Waals surface area contributed by atoms with Crippen molar-refractivity contribution in [3.63, 3.8) is 0 Å². The second-order valence-corrected chi connectivity index (χ2v) is 9.45. The highest BCUT2D eigenvalue weighted by Gasteiger charge is 2.64. The number of halogens is 5. The molecule has 0 spiro atoms. The highest BCUT2D eigenvalue weighted by molar-refractivity contribution is 5.91.